The number of halogens is 2. The minimum absolute atomic E-state index is 0.234. The highest BCUT2D eigenvalue weighted by atomic mass is 35.5. The summed E-state index contributed by atoms with van der Waals surface area (Å²) in [4.78, 5) is 15.6. The molecule has 88 valence electrons. The smallest absolute Gasteiger partial charge is 0.271 e. The van der Waals surface area contributed by atoms with Crippen molar-refractivity contribution in [2.45, 2.75) is 6.54 Å². The van der Waals surface area contributed by atoms with Crippen LogP contribution in [0, 0.1) is 0 Å². The summed E-state index contributed by atoms with van der Waals surface area (Å²) in [6, 6.07) is 5.23. The number of benzene rings is 1. The maximum atomic E-state index is 11.6. The molecular formula is C11H8Cl2N2OS. The zero-order valence-corrected chi connectivity index (χ0v) is 10.9. The Kier molecular flexibility index (Phi) is 3.99. The van der Waals surface area contributed by atoms with Gasteiger partial charge < -0.3 is 5.32 Å². The summed E-state index contributed by atoms with van der Waals surface area (Å²) in [5, 5.41) is 5.48. The molecule has 2 aromatic rings. The lowest BCUT2D eigenvalue weighted by molar-refractivity contribution is 0.0946. The fourth-order valence-electron chi connectivity index (χ4n) is 1.29. The first-order valence-corrected chi connectivity index (χ1v) is 6.47. The van der Waals surface area contributed by atoms with Crippen molar-refractivity contribution in [2.75, 3.05) is 0 Å². The summed E-state index contributed by atoms with van der Waals surface area (Å²) >= 11 is 13.3. The van der Waals surface area contributed by atoms with Crippen molar-refractivity contribution < 1.29 is 4.79 Å². The Bertz CT molecular complexity index is 508. The van der Waals surface area contributed by atoms with E-state index in [1.807, 2.05) is 0 Å². The molecule has 1 aromatic carbocycles. The fourth-order valence-corrected chi connectivity index (χ4v) is 2.35. The molecule has 0 fully saturated rings. The van der Waals surface area contributed by atoms with Crippen LogP contribution < -0.4 is 5.32 Å². The molecule has 17 heavy (non-hydrogen) atoms. The topological polar surface area (TPSA) is 42.0 Å². The molecule has 0 aliphatic heterocycles. The number of nitrogens with one attached hydrogen (secondary N) is 1. The Morgan fingerprint density at radius 3 is 2.65 bits per heavy atom. The van der Waals surface area contributed by atoms with Gasteiger partial charge in [-0.2, -0.15) is 0 Å². The van der Waals surface area contributed by atoms with Gasteiger partial charge in [-0.15, -0.1) is 11.3 Å². The second kappa shape index (κ2) is 5.49. The van der Waals surface area contributed by atoms with Gasteiger partial charge in [-0.1, -0.05) is 29.3 Å². The van der Waals surface area contributed by atoms with Gasteiger partial charge in [-0.3, -0.25) is 4.79 Å². The molecule has 1 heterocycles. The van der Waals surface area contributed by atoms with Crippen molar-refractivity contribution in [3.05, 3.63) is 50.4 Å². The molecule has 0 spiro atoms. The molecule has 0 aliphatic carbocycles. The highest BCUT2D eigenvalue weighted by molar-refractivity contribution is 7.07. The molecule has 1 amide bonds. The van der Waals surface area contributed by atoms with Crippen LogP contribution in [0.2, 0.25) is 10.0 Å². The largest absolute Gasteiger partial charge is 0.346 e. The Balaban J connectivity index is 2.06. The molecule has 1 aromatic heterocycles. The van der Waals surface area contributed by atoms with Crippen molar-refractivity contribution in [3.63, 3.8) is 0 Å². The third kappa shape index (κ3) is 2.97. The van der Waals surface area contributed by atoms with Gasteiger partial charge in [0.2, 0.25) is 0 Å². The molecule has 1 N–H and O–H groups in total. The number of amides is 1. The van der Waals surface area contributed by atoms with Crippen LogP contribution in [0.4, 0.5) is 0 Å². The van der Waals surface area contributed by atoms with Gasteiger partial charge in [-0.05, 0) is 12.1 Å². The molecule has 0 saturated heterocycles. The molecule has 2 rings (SSSR count). The zero-order chi connectivity index (χ0) is 12.3. The lowest BCUT2D eigenvalue weighted by Gasteiger charge is -2.07. The minimum Gasteiger partial charge on any atom is -0.346 e. The van der Waals surface area contributed by atoms with Crippen molar-refractivity contribution in [3.8, 4) is 0 Å². The summed E-state index contributed by atoms with van der Waals surface area (Å²) in [6.07, 6.45) is 0. The first-order chi connectivity index (χ1) is 8.18. The van der Waals surface area contributed by atoms with Gasteiger partial charge in [0, 0.05) is 27.5 Å². The number of thiazole rings is 1. The Hall–Kier alpha value is -1.10. The van der Waals surface area contributed by atoms with Crippen molar-refractivity contribution in [1.82, 2.24) is 10.3 Å². The van der Waals surface area contributed by atoms with Gasteiger partial charge in [0.1, 0.15) is 5.69 Å². The van der Waals surface area contributed by atoms with Crippen LogP contribution in [0.5, 0.6) is 0 Å². The number of rotatable bonds is 3. The quantitative estimate of drug-likeness (QED) is 0.940. The van der Waals surface area contributed by atoms with Gasteiger partial charge in [0.05, 0.1) is 5.51 Å². The first-order valence-electron chi connectivity index (χ1n) is 4.78. The summed E-state index contributed by atoms with van der Waals surface area (Å²) in [5.74, 6) is -0.234. The fraction of sp³-hybridized carbons (Fsp3) is 0.0909. The van der Waals surface area contributed by atoms with E-state index in [-0.39, 0.29) is 12.5 Å². The second-order valence-corrected chi connectivity index (χ2v) is 4.79. The molecule has 3 nitrogen and oxygen atoms in total. The molecule has 0 atom stereocenters. The molecule has 0 bridgehead atoms. The van der Waals surface area contributed by atoms with Gasteiger partial charge >= 0.3 is 0 Å². The molecule has 6 heteroatoms. The second-order valence-electron chi connectivity index (χ2n) is 3.26. The minimum atomic E-state index is -0.234. The average Bonchev–Trinajstić information content (AvgIpc) is 2.81. The van der Waals surface area contributed by atoms with Gasteiger partial charge in [-0.25, -0.2) is 4.98 Å². The van der Waals surface area contributed by atoms with E-state index >= 15 is 0 Å². The highest BCUT2D eigenvalue weighted by Gasteiger charge is 2.10. The van der Waals surface area contributed by atoms with Crippen LogP contribution in [0.3, 0.4) is 0 Å². The Labute approximate surface area is 112 Å². The SMILES string of the molecule is O=C(NCc1c(Cl)cccc1Cl)c1cscn1. The van der Waals surface area contributed by atoms with Crippen LogP contribution in [-0.2, 0) is 6.54 Å². The standard InChI is InChI=1S/C11H8Cl2N2OS/c12-8-2-1-3-9(13)7(8)4-14-11(16)10-5-17-6-15-10/h1-3,5-6H,4H2,(H,14,16). The van der Waals surface area contributed by atoms with E-state index in [1.165, 1.54) is 11.3 Å². The van der Waals surface area contributed by atoms with Gasteiger partial charge in [0.25, 0.3) is 5.91 Å². The molecule has 0 aliphatic rings. The Morgan fingerprint density at radius 1 is 1.35 bits per heavy atom. The summed E-state index contributed by atoms with van der Waals surface area (Å²) in [6.45, 7) is 0.287. The third-order valence-electron chi connectivity index (χ3n) is 2.15. The number of nitrogens with zero attached hydrogens (tertiary/aromatic N) is 1. The third-order valence-corrected chi connectivity index (χ3v) is 3.45. The van der Waals surface area contributed by atoms with E-state index in [1.54, 1.807) is 29.1 Å². The van der Waals surface area contributed by atoms with E-state index in [0.717, 1.165) is 0 Å². The van der Waals surface area contributed by atoms with E-state index in [0.29, 0.717) is 21.3 Å². The van der Waals surface area contributed by atoms with E-state index in [4.69, 9.17) is 23.2 Å². The summed E-state index contributed by atoms with van der Waals surface area (Å²) in [7, 11) is 0. The first kappa shape index (κ1) is 12.4. The van der Waals surface area contributed by atoms with Crippen molar-refractivity contribution >= 4 is 40.4 Å². The number of aromatic nitrogens is 1. The zero-order valence-electron chi connectivity index (χ0n) is 8.61. The van der Waals surface area contributed by atoms with E-state index in [2.05, 4.69) is 10.3 Å². The number of hydrogen-bond acceptors (Lipinski definition) is 3. The normalized spacial score (nSPS) is 10.2. The van der Waals surface area contributed by atoms with Crippen LogP contribution in [0.15, 0.2) is 29.1 Å². The average molecular weight is 287 g/mol. The van der Waals surface area contributed by atoms with E-state index < -0.39 is 0 Å². The van der Waals surface area contributed by atoms with Crippen molar-refractivity contribution in [2.24, 2.45) is 0 Å². The highest BCUT2D eigenvalue weighted by Crippen LogP contribution is 2.23. The maximum Gasteiger partial charge on any atom is 0.271 e. The molecule has 0 unspecified atom stereocenters. The molecular weight excluding hydrogens is 279 g/mol. The van der Waals surface area contributed by atoms with Gasteiger partial charge in [0.15, 0.2) is 0 Å². The van der Waals surface area contributed by atoms with Crippen LogP contribution in [0.25, 0.3) is 0 Å². The number of carbonyl (C=O) groups excluding carboxylic acids is 1. The van der Waals surface area contributed by atoms with Crippen molar-refractivity contribution in [1.29, 1.82) is 0 Å². The maximum absolute atomic E-state index is 11.6. The molecule has 0 saturated carbocycles. The molecule has 0 radical (unpaired) electrons. The van der Waals surface area contributed by atoms with Crippen LogP contribution in [0.1, 0.15) is 16.1 Å². The summed E-state index contributed by atoms with van der Waals surface area (Å²) in [5.41, 5.74) is 2.72. The number of carbonyl (C=O) groups is 1. The Morgan fingerprint density at radius 2 is 2.06 bits per heavy atom. The monoisotopic (exact) mass is 286 g/mol. The van der Waals surface area contributed by atoms with Crippen LogP contribution >= 0.6 is 34.5 Å². The lowest BCUT2D eigenvalue weighted by atomic mass is 10.2. The summed E-state index contributed by atoms with van der Waals surface area (Å²) < 4.78 is 0. The van der Waals surface area contributed by atoms with E-state index in [9.17, 15) is 4.79 Å². The number of hydrogen-bond donors (Lipinski definition) is 1. The predicted octanol–water partition coefficient (Wildman–Crippen LogP) is 3.38. The predicted molar refractivity (Wildman–Crippen MR) is 69.7 cm³/mol. The lowest BCUT2D eigenvalue weighted by Crippen LogP contribution is -2.23. The van der Waals surface area contributed by atoms with Crippen LogP contribution in [-0.4, -0.2) is 10.9 Å².